The lowest BCUT2D eigenvalue weighted by molar-refractivity contribution is 0.522. The van der Waals surface area contributed by atoms with Gasteiger partial charge in [0.05, 0.1) is 6.04 Å². The van der Waals surface area contributed by atoms with Crippen molar-refractivity contribution in [3.8, 4) is 0 Å². The molecule has 0 spiro atoms. The molecule has 2 heterocycles. The Morgan fingerprint density at radius 1 is 1.73 bits per heavy atom. The van der Waals surface area contributed by atoms with Crippen LogP contribution < -0.4 is 5.32 Å². The van der Waals surface area contributed by atoms with E-state index in [1.807, 2.05) is 19.4 Å². The van der Waals surface area contributed by atoms with Crippen molar-refractivity contribution in [2.45, 2.75) is 31.1 Å². The van der Waals surface area contributed by atoms with E-state index in [2.05, 4.69) is 33.6 Å². The molecule has 4 heteroatoms. The second-order valence-corrected chi connectivity index (χ2v) is 5.57. The van der Waals surface area contributed by atoms with Gasteiger partial charge in [-0.1, -0.05) is 0 Å². The molecular formula is C11H19N3S. The molecule has 1 aliphatic rings. The van der Waals surface area contributed by atoms with Crippen molar-refractivity contribution in [3.05, 3.63) is 18.2 Å². The summed E-state index contributed by atoms with van der Waals surface area (Å²) in [7, 11) is 2.05. The van der Waals surface area contributed by atoms with Crippen LogP contribution in [0.1, 0.15) is 31.6 Å². The lowest BCUT2D eigenvalue weighted by Crippen LogP contribution is -2.27. The molecule has 0 bridgehead atoms. The van der Waals surface area contributed by atoms with Crippen LogP contribution in [0.2, 0.25) is 0 Å². The molecule has 1 aliphatic heterocycles. The second kappa shape index (κ2) is 5.03. The van der Waals surface area contributed by atoms with Crippen LogP contribution in [-0.4, -0.2) is 27.1 Å². The van der Waals surface area contributed by atoms with Crippen LogP contribution in [0.25, 0.3) is 0 Å². The van der Waals surface area contributed by atoms with Crippen molar-refractivity contribution >= 4 is 11.8 Å². The fraction of sp³-hybridized carbons (Fsp3) is 0.727. The monoisotopic (exact) mass is 225 g/mol. The Hall–Kier alpha value is -0.480. The third-order valence-electron chi connectivity index (χ3n) is 2.92. The third-order valence-corrected chi connectivity index (χ3v) is 4.32. The quantitative estimate of drug-likeness (QED) is 0.849. The largest absolute Gasteiger partial charge is 0.337 e. The minimum absolute atomic E-state index is 0.353. The zero-order valence-corrected chi connectivity index (χ0v) is 10.3. The Morgan fingerprint density at radius 2 is 2.60 bits per heavy atom. The summed E-state index contributed by atoms with van der Waals surface area (Å²) in [4.78, 5) is 4.35. The second-order valence-electron chi connectivity index (χ2n) is 4.16. The standard InChI is InChI=1S/C11H19N3S/c1-9(11-12-5-6-14(11)2)13-8-10-4-3-7-15-10/h5-6,9-10,13H,3-4,7-8H2,1-2H3. The maximum atomic E-state index is 4.35. The third kappa shape index (κ3) is 2.75. The normalized spacial score (nSPS) is 23.2. The van der Waals surface area contributed by atoms with Gasteiger partial charge in [-0.15, -0.1) is 0 Å². The van der Waals surface area contributed by atoms with Crippen molar-refractivity contribution in [2.24, 2.45) is 7.05 Å². The van der Waals surface area contributed by atoms with E-state index in [4.69, 9.17) is 0 Å². The molecule has 2 atom stereocenters. The lowest BCUT2D eigenvalue weighted by atomic mass is 10.2. The van der Waals surface area contributed by atoms with E-state index in [0.29, 0.717) is 6.04 Å². The topological polar surface area (TPSA) is 29.9 Å². The highest BCUT2D eigenvalue weighted by Crippen LogP contribution is 2.25. The Bertz CT molecular complexity index is 305. The molecule has 3 nitrogen and oxygen atoms in total. The van der Waals surface area contributed by atoms with E-state index in [1.54, 1.807) is 0 Å². The molecule has 1 fully saturated rings. The van der Waals surface area contributed by atoms with Gasteiger partial charge in [0.25, 0.3) is 0 Å². The summed E-state index contributed by atoms with van der Waals surface area (Å²) in [5, 5.41) is 4.38. The smallest absolute Gasteiger partial charge is 0.125 e. The first-order valence-corrected chi connectivity index (χ1v) is 6.64. The summed E-state index contributed by atoms with van der Waals surface area (Å²) in [5.74, 6) is 2.46. The van der Waals surface area contributed by atoms with Gasteiger partial charge in [0.15, 0.2) is 0 Å². The number of nitrogens with zero attached hydrogens (tertiary/aromatic N) is 2. The zero-order chi connectivity index (χ0) is 10.7. The molecule has 15 heavy (non-hydrogen) atoms. The number of hydrogen-bond donors (Lipinski definition) is 1. The van der Waals surface area contributed by atoms with Crippen LogP contribution in [0.15, 0.2) is 12.4 Å². The Kier molecular flexibility index (Phi) is 3.70. The van der Waals surface area contributed by atoms with Crippen molar-refractivity contribution in [2.75, 3.05) is 12.3 Å². The SMILES string of the molecule is CC(NCC1CCCS1)c1nccn1C. The van der Waals surface area contributed by atoms with Crippen molar-refractivity contribution in [1.29, 1.82) is 0 Å². The predicted octanol–water partition coefficient (Wildman–Crippen LogP) is 1.97. The van der Waals surface area contributed by atoms with Crippen LogP contribution in [0.3, 0.4) is 0 Å². The van der Waals surface area contributed by atoms with Crippen LogP contribution in [0, 0.1) is 0 Å². The summed E-state index contributed by atoms with van der Waals surface area (Å²) >= 11 is 2.10. The average Bonchev–Trinajstić information content (AvgIpc) is 2.84. The van der Waals surface area contributed by atoms with Gasteiger partial charge in [0.1, 0.15) is 5.82 Å². The van der Waals surface area contributed by atoms with E-state index in [-0.39, 0.29) is 0 Å². The first-order valence-electron chi connectivity index (χ1n) is 5.59. The molecule has 1 aromatic heterocycles. The van der Waals surface area contributed by atoms with E-state index in [1.165, 1.54) is 18.6 Å². The first kappa shape index (κ1) is 11.0. The van der Waals surface area contributed by atoms with E-state index in [0.717, 1.165) is 17.6 Å². The number of aromatic nitrogens is 2. The number of nitrogens with one attached hydrogen (secondary N) is 1. The maximum absolute atomic E-state index is 4.35. The van der Waals surface area contributed by atoms with Gasteiger partial charge >= 0.3 is 0 Å². The summed E-state index contributed by atoms with van der Waals surface area (Å²) in [5.41, 5.74) is 0. The molecule has 2 unspecified atom stereocenters. The van der Waals surface area contributed by atoms with Crippen LogP contribution in [-0.2, 0) is 7.05 Å². The fourth-order valence-electron chi connectivity index (χ4n) is 2.00. The van der Waals surface area contributed by atoms with E-state index >= 15 is 0 Å². The van der Waals surface area contributed by atoms with E-state index < -0.39 is 0 Å². The van der Waals surface area contributed by atoms with E-state index in [9.17, 15) is 0 Å². The lowest BCUT2D eigenvalue weighted by Gasteiger charge is -2.16. The molecule has 84 valence electrons. The van der Waals surface area contributed by atoms with Crippen molar-refractivity contribution in [1.82, 2.24) is 14.9 Å². The molecule has 2 rings (SSSR count). The Morgan fingerprint density at radius 3 is 3.20 bits per heavy atom. The van der Waals surface area contributed by atoms with Gasteiger partial charge in [-0.2, -0.15) is 11.8 Å². The zero-order valence-electron chi connectivity index (χ0n) is 9.44. The minimum Gasteiger partial charge on any atom is -0.337 e. The number of hydrogen-bond acceptors (Lipinski definition) is 3. The van der Waals surface area contributed by atoms with Crippen LogP contribution >= 0.6 is 11.8 Å². The van der Waals surface area contributed by atoms with Gasteiger partial charge < -0.3 is 9.88 Å². The number of thioether (sulfide) groups is 1. The van der Waals surface area contributed by atoms with Crippen LogP contribution in [0.5, 0.6) is 0 Å². The summed E-state index contributed by atoms with van der Waals surface area (Å²) < 4.78 is 2.08. The van der Waals surface area contributed by atoms with Gasteiger partial charge in [-0.05, 0) is 25.5 Å². The van der Waals surface area contributed by atoms with Gasteiger partial charge in [0, 0.05) is 31.2 Å². The number of rotatable bonds is 4. The molecule has 0 aliphatic carbocycles. The molecule has 0 amide bonds. The summed E-state index contributed by atoms with van der Waals surface area (Å²) in [6.07, 6.45) is 6.61. The average molecular weight is 225 g/mol. The maximum Gasteiger partial charge on any atom is 0.125 e. The molecular weight excluding hydrogens is 206 g/mol. The molecule has 1 N–H and O–H groups in total. The van der Waals surface area contributed by atoms with Crippen molar-refractivity contribution in [3.63, 3.8) is 0 Å². The number of imidazole rings is 1. The van der Waals surface area contributed by atoms with Gasteiger partial charge in [-0.25, -0.2) is 4.98 Å². The molecule has 0 aromatic carbocycles. The van der Waals surface area contributed by atoms with Gasteiger partial charge in [-0.3, -0.25) is 0 Å². The van der Waals surface area contributed by atoms with Crippen LogP contribution in [0.4, 0.5) is 0 Å². The Labute approximate surface area is 95.7 Å². The fourth-order valence-corrected chi connectivity index (χ4v) is 3.21. The molecule has 0 saturated carbocycles. The number of aryl methyl sites for hydroxylation is 1. The van der Waals surface area contributed by atoms with Crippen molar-refractivity contribution < 1.29 is 0 Å². The summed E-state index contributed by atoms with van der Waals surface area (Å²) in [6.45, 7) is 3.29. The predicted molar refractivity (Wildman–Crippen MR) is 65.1 cm³/mol. The highest BCUT2D eigenvalue weighted by atomic mass is 32.2. The minimum atomic E-state index is 0.353. The molecule has 0 radical (unpaired) electrons. The highest BCUT2D eigenvalue weighted by molar-refractivity contribution is 8.00. The summed E-state index contributed by atoms with van der Waals surface area (Å²) in [6, 6.07) is 0.353. The first-order chi connectivity index (χ1) is 7.27. The van der Waals surface area contributed by atoms with Gasteiger partial charge in [0.2, 0.25) is 0 Å². The molecule has 1 saturated heterocycles. The molecule has 1 aromatic rings. The Balaban J connectivity index is 1.81. The highest BCUT2D eigenvalue weighted by Gasteiger charge is 2.17.